The Morgan fingerprint density at radius 1 is 1.62 bits per heavy atom. The molecule has 0 unspecified atom stereocenters. The molecule has 0 fully saturated rings. The van der Waals surface area contributed by atoms with E-state index < -0.39 is 5.97 Å². The number of halogens is 1. The standard InChI is InChI=1S/C10H7BrO2/c1-3-8-6(2)4-7(11)5-9(8)10(12)13/h1,4-5H,2H3,(H,12,13). The van der Waals surface area contributed by atoms with Gasteiger partial charge in [0.05, 0.1) is 5.56 Å². The molecule has 66 valence electrons. The van der Waals surface area contributed by atoms with Gasteiger partial charge in [0, 0.05) is 10.0 Å². The summed E-state index contributed by atoms with van der Waals surface area (Å²) >= 11 is 3.21. The second-order valence-corrected chi connectivity index (χ2v) is 3.51. The molecular formula is C10H7BrO2. The lowest BCUT2D eigenvalue weighted by Crippen LogP contribution is -2.01. The number of carboxylic acids is 1. The van der Waals surface area contributed by atoms with Gasteiger partial charge in [0.1, 0.15) is 0 Å². The number of aromatic carboxylic acids is 1. The predicted molar refractivity (Wildman–Crippen MR) is 53.8 cm³/mol. The highest BCUT2D eigenvalue weighted by atomic mass is 79.9. The Hall–Kier alpha value is -1.27. The van der Waals surface area contributed by atoms with Crippen molar-refractivity contribution in [3.05, 3.63) is 33.3 Å². The Morgan fingerprint density at radius 3 is 2.69 bits per heavy atom. The van der Waals surface area contributed by atoms with E-state index in [1.54, 1.807) is 13.0 Å². The molecule has 1 aromatic rings. The number of aryl methyl sites for hydroxylation is 1. The van der Waals surface area contributed by atoms with Crippen LogP contribution in [0.4, 0.5) is 0 Å². The highest BCUT2D eigenvalue weighted by Crippen LogP contribution is 2.20. The topological polar surface area (TPSA) is 37.3 Å². The minimum atomic E-state index is -1.00. The van der Waals surface area contributed by atoms with Crippen LogP contribution in [-0.2, 0) is 0 Å². The molecule has 0 aliphatic heterocycles. The SMILES string of the molecule is C#Cc1c(C)cc(Br)cc1C(=O)O. The highest BCUT2D eigenvalue weighted by Gasteiger charge is 2.11. The zero-order valence-electron chi connectivity index (χ0n) is 6.97. The number of rotatable bonds is 1. The van der Waals surface area contributed by atoms with Crippen molar-refractivity contribution in [2.45, 2.75) is 6.92 Å². The first kappa shape index (κ1) is 9.82. The number of terminal acetylenes is 1. The van der Waals surface area contributed by atoms with Crippen LogP contribution in [0.15, 0.2) is 16.6 Å². The molecule has 1 aromatic carbocycles. The van der Waals surface area contributed by atoms with Gasteiger partial charge in [-0.25, -0.2) is 4.79 Å². The van der Waals surface area contributed by atoms with E-state index in [1.807, 2.05) is 0 Å². The van der Waals surface area contributed by atoms with Crippen LogP contribution >= 0.6 is 15.9 Å². The molecule has 0 amide bonds. The molecule has 0 aliphatic carbocycles. The third kappa shape index (κ3) is 1.90. The lowest BCUT2D eigenvalue weighted by atomic mass is 10.0. The Labute approximate surface area is 84.7 Å². The average Bonchev–Trinajstić information content (AvgIpc) is 2.02. The molecule has 0 spiro atoms. The minimum Gasteiger partial charge on any atom is -0.478 e. The van der Waals surface area contributed by atoms with Crippen LogP contribution in [0.5, 0.6) is 0 Å². The van der Waals surface area contributed by atoms with E-state index in [-0.39, 0.29) is 5.56 Å². The smallest absolute Gasteiger partial charge is 0.337 e. The first-order valence-electron chi connectivity index (χ1n) is 3.56. The second-order valence-electron chi connectivity index (χ2n) is 2.59. The number of hydrogen-bond donors (Lipinski definition) is 1. The number of benzene rings is 1. The fraction of sp³-hybridized carbons (Fsp3) is 0.100. The number of carboxylic acid groups (broad SMARTS) is 1. The van der Waals surface area contributed by atoms with Gasteiger partial charge >= 0.3 is 5.97 Å². The summed E-state index contributed by atoms with van der Waals surface area (Å²) in [7, 11) is 0. The molecule has 0 aliphatic rings. The van der Waals surface area contributed by atoms with Gasteiger partial charge < -0.3 is 5.11 Å². The van der Waals surface area contributed by atoms with E-state index in [2.05, 4.69) is 21.9 Å². The first-order valence-corrected chi connectivity index (χ1v) is 4.35. The second kappa shape index (κ2) is 3.63. The number of hydrogen-bond acceptors (Lipinski definition) is 1. The van der Waals surface area contributed by atoms with Gasteiger partial charge in [-0.15, -0.1) is 6.42 Å². The van der Waals surface area contributed by atoms with E-state index in [1.165, 1.54) is 6.07 Å². The zero-order chi connectivity index (χ0) is 10.0. The Morgan fingerprint density at radius 2 is 2.23 bits per heavy atom. The summed E-state index contributed by atoms with van der Waals surface area (Å²) in [5.74, 6) is 1.37. The van der Waals surface area contributed by atoms with E-state index in [0.29, 0.717) is 5.56 Å². The van der Waals surface area contributed by atoms with E-state index in [0.717, 1.165) is 10.0 Å². The fourth-order valence-electron chi connectivity index (χ4n) is 1.10. The summed E-state index contributed by atoms with van der Waals surface area (Å²) in [6.07, 6.45) is 5.21. The Kier molecular flexibility index (Phi) is 2.74. The van der Waals surface area contributed by atoms with Gasteiger partial charge in [-0.2, -0.15) is 0 Å². The van der Waals surface area contributed by atoms with Crippen molar-refractivity contribution >= 4 is 21.9 Å². The third-order valence-corrected chi connectivity index (χ3v) is 2.13. The summed E-state index contributed by atoms with van der Waals surface area (Å²) in [6, 6.07) is 3.30. The van der Waals surface area contributed by atoms with Crippen LogP contribution in [-0.4, -0.2) is 11.1 Å². The maximum Gasteiger partial charge on any atom is 0.337 e. The average molecular weight is 239 g/mol. The van der Waals surface area contributed by atoms with Crippen molar-refractivity contribution in [2.75, 3.05) is 0 Å². The van der Waals surface area contributed by atoms with E-state index in [9.17, 15) is 4.79 Å². The molecule has 0 saturated heterocycles. The van der Waals surface area contributed by atoms with Crippen molar-refractivity contribution in [3.63, 3.8) is 0 Å². The first-order chi connectivity index (χ1) is 6.06. The Balaban J connectivity index is 3.50. The molecule has 0 radical (unpaired) electrons. The molecule has 0 atom stereocenters. The molecule has 1 rings (SSSR count). The quantitative estimate of drug-likeness (QED) is 0.764. The molecule has 2 nitrogen and oxygen atoms in total. The van der Waals surface area contributed by atoms with Gasteiger partial charge in [-0.05, 0) is 24.6 Å². The highest BCUT2D eigenvalue weighted by molar-refractivity contribution is 9.10. The zero-order valence-corrected chi connectivity index (χ0v) is 8.55. The summed E-state index contributed by atoms with van der Waals surface area (Å²) in [5.41, 5.74) is 1.39. The minimum absolute atomic E-state index is 0.161. The van der Waals surface area contributed by atoms with Crippen LogP contribution in [0.3, 0.4) is 0 Å². The lowest BCUT2D eigenvalue weighted by Gasteiger charge is -2.04. The van der Waals surface area contributed by atoms with Crippen LogP contribution in [0.1, 0.15) is 21.5 Å². The monoisotopic (exact) mass is 238 g/mol. The third-order valence-electron chi connectivity index (χ3n) is 1.68. The summed E-state index contributed by atoms with van der Waals surface area (Å²) in [4.78, 5) is 10.8. The van der Waals surface area contributed by atoms with E-state index >= 15 is 0 Å². The van der Waals surface area contributed by atoms with Crippen molar-refractivity contribution in [3.8, 4) is 12.3 Å². The summed E-state index contributed by atoms with van der Waals surface area (Å²) in [6.45, 7) is 1.78. The molecule has 3 heteroatoms. The van der Waals surface area contributed by atoms with Gasteiger partial charge in [0.15, 0.2) is 0 Å². The largest absolute Gasteiger partial charge is 0.478 e. The van der Waals surface area contributed by atoms with Gasteiger partial charge in [-0.1, -0.05) is 21.9 Å². The summed E-state index contributed by atoms with van der Waals surface area (Å²) in [5, 5.41) is 8.83. The molecule has 0 aromatic heterocycles. The molecule has 0 bridgehead atoms. The van der Waals surface area contributed by atoms with Crippen molar-refractivity contribution in [2.24, 2.45) is 0 Å². The van der Waals surface area contributed by atoms with Crippen LogP contribution in [0, 0.1) is 19.3 Å². The fourth-order valence-corrected chi connectivity index (χ4v) is 1.68. The van der Waals surface area contributed by atoms with Crippen LogP contribution in [0.25, 0.3) is 0 Å². The van der Waals surface area contributed by atoms with Crippen molar-refractivity contribution < 1.29 is 9.90 Å². The molecule has 0 heterocycles. The maximum absolute atomic E-state index is 10.8. The lowest BCUT2D eigenvalue weighted by molar-refractivity contribution is 0.0696. The molecular weight excluding hydrogens is 232 g/mol. The molecule has 1 N–H and O–H groups in total. The van der Waals surface area contributed by atoms with Crippen molar-refractivity contribution in [1.29, 1.82) is 0 Å². The Bertz CT molecular complexity index is 402. The van der Waals surface area contributed by atoms with Gasteiger partial charge in [0.2, 0.25) is 0 Å². The van der Waals surface area contributed by atoms with Gasteiger partial charge in [0.25, 0.3) is 0 Å². The molecule has 13 heavy (non-hydrogen) atoms. The predicted octanol–water partition coefficient (Wildman–Crippen LogP) is 2.44. The van der Waals surface area contributed by atoms with Gasteiger partial charge in [-0.3, -0.25) is 0 Å². The van der Waals surface area contributed by atoms with E-state index in [4.69, 9.17) is 11.5 Å². The summed E-state index contributed by atoms with van der Waals surface area (Å²) < 4.78 is 0.724. The number of carbonyl (C=O) groups is 1. The maximum atomic E-state index is 10.8. The van der Waals surface area contributed by atoms with Crippen LogP contribution < -0.4 is 0 Å². The molecule has 0 saturated carbocycles. The van der Waals surface area contributed by atoms with Crippen LogP contribution in [0.2, 0.25) is 0 Å². The van der Waals surface area contributed by atoms with Crippen molar-refractivity contribution in [1.82, 2.24) is 0 Å². The normalized spacial score (nSPS) is 9.31.